The van der Waals surface area contributed by atoms with Gasteiger partial charge in [0.15, 0.2) is 23.0 Å². The highest BCUT2D eigenvalue weighted by Gasteiger charge is 2.15. The zero-order valence-electron chi connectivity index (χ0n) is 12.1. The lowest BCUT2D eigenvalue weighted by molar-refractivity contribution is -0.132. The van der Waals surface area contributed by atoms with Gasteiger partial charge in [-0.3, -0.25) is 4.79 Å². The average Bonchev–Trinajstić information content (AvgIpc) is 2.52. The topological polar surface area (TPSA) is 147 Å². The van der Waals surface area contributed by atoms with Gasteiger partial charge in [0.1, 0.15) is 5.70 Å². The molecule has 0 unspecified atom stereocenters. The van der Waals surface area contributed by atoms with Gasteiger partial charge < -0.3 is 30.8 Å². The minimum atomic E-state index is -1.43. The Labute approximate surface area is 135 Å². The van der Waals surface area contributed by atoms with E-state index < -0.39 is 34.8 Å². The molecular weight excluding hydrogens is 318 g/mol. The van der Waals surface area contributed by atoms with Crippen LogP contribution in [0.3, 0.4) is 0 Å². The summed E-state index contributed by atoms with van der Waals surface area (Å²) in [7, 11) is 0. The van der Waals surface area contributed by atoms with Crippen molar-refractivity contribution in [2.75, 3.05) is 0 Å². The smallest absolute Gasteiger partial charge is 0.352 e. The normalized spacial score (nSPS) is 11.1. The number of carboxylic acids is 1. The standard InChI is InChI=1S/C16H13NO7/c18-11-3-1-8(6-13(11)20)5-10(16(23)24)17-15(22)9-2-4-12(19)14(21)7-9/h1-7,18-21H,(H,17,22)(H,23,24)/b10-5-. The van der Waals surface area contributed by atoms with Crippen molar-refractivity contribution in [1.82, 2.24) is 5.32 Å². The Morgan fingerprint density at radius 2 is 1.42 bits per heavy atom. The Morgan fingerprint density at radius 3 is 1.96 bits per heavy atom. The van der Waals surface area contributed by atoms with Gasteiger partial charge in [0.05, 0.1) is 0 Å². The highest BCUT2D eigenvalue weighted by atomic mass is 16.4. The molecule has 0 aliphatic carbocycles. The predicted molar refractivity (Wildman–Crippen MR) is 82.6 cm³/mol. The van der Waals surface area contributed by atoms with E-state index >= 15 is 0 Å². The van der Waals surface area contributed by atoms with Gasteiger partial charge >= 0.3 is 5.97 Å². The summed E-state index contributed by atoms with van der Waals surface area (Å²) in [5, 5.41) is 48.5. The molecule has 0 atom stereocenters. The third-order valence-corrected chi connectivity index (χ3v) is 3.03. The van der Waals surface area contributed by atoms with Crippen LogP contribution in [-0.2, 0) is 4.79 Å². The maximum absolute atomic E-state index is 12.0. The van der Waals surface area contributed by atoms with Crippen molar-refractivity contribution in [3.63, 3.8) is 0 Å². The number of amides is 1. The fraction of sp³-hybridized carbons (Fsp3) is 0. The Morgan fingerprint density at radius 1 is 0.833 bits per heavy atom. The van der Waals surface area contributed by atoms with Crippen molar-refractivity contribution in [2.45, 2.75) is 0 Å². The molecule has 2 aromatic rings. The molecule has 1 amide bonds. The molecule has 2 rings (SSSR count). The van der Waals surface area contributed by atoms with Crippen LogP contribution in [0.25, 0.3) is 6.08 Å². The van der Waals surface area contributed by atoms with Crippen LogP contribution in [0.15, 0.2) is 42.1 Å². The molecule has 6 N–H and O–H groups in total. The number of hydrogen-bond acceptors (Lipinski definition) is 6. The van der Waals surface area contributed by atoms with E-state index in [2.05, 4.69) is 5.32 Å². The largest absolute Gasteiger partial charge is 0.504 e. The van der Waals surface area contributed by atoms with E-state index in [9.17, 15) is 30.0 Å². The molecule has 0 saturated carbocycles. The summed E-state index contributed by atoms with van der Waals surface area (Å²) < 4.78 is 0. The number of nitrogens with one attached hydrogen (secondary N) is 1. The lowest BCUT2D eigenvalue weighted by atomic mass is 10.1. The average molecular weight is 331 g/mol. The second-order valence-corrected chi connectivity index (χ2v) is 4.77. The van der Waals surface area contributed by atoms with E-state index in [4.69, 9.17) is 5.11 Å². The molecule has 0 spiro atoms. The highest BCUT2D eigenvalue weighted by Crippen LogP contribution is 2.26. The van der Waals surface area contributed by atoms with Crippen LogP contribution in [0.5, 0.6) is 23.0 Å². The first-order valence-electron chi connectivity index (χ1n) is 6.58. The molecule has 0 saturated heterocycles. The van der Waals surface area contributed by atoms with Crippen molar-refractivity contribution in [1.29, 1.82) is 0 Å². The number of aliphatic carboxylic acids is 1. The summed E-state index contributed by atoms with van der Waals surface area (Å²) in [6, 6.07) is 6.91. The third kappa shape index (κ3) is 3.74. The van der Waals surface area contributed by atoms with Gasteiger partial charge in [-0.25, -0.2) is 4.79 Å². The monoisotopic (exact) mass is 331 g/mol. The van der Waals surface area contributed by atoms with Crippen LogP contribution in [0.4, 0.5) is 0 Å². The van der Waals surface area contributed by atoms with Crippen molar-refractivity contribution in [2.24, 2.45) is 0 Å². The minimum Gasteiger partial charge on any atom is -0.504 e. The highest BCUT2D eigenvalue weighted by molar-refractivity contribution is 6.03. The molecule has 124 valence electrons. The fourth-order valence-corrected chi connectivity index (χ4v) is 1.81. The molecule has 8 heteroatoms. The summed E-state index contributed by atoms with van der Waals surface area (Å²) >= 11 is 0. The fourth-order valence-electron chi connectivity index (χ4n) is 1.81. The van der Waals surface area contributed by atoms with Crippen LogP contribution < -0.4 is 5.32 Å². The van der Waals surface area contributed by atoms with Crippen LogP contribution in [0, 0.1) is 0 Å². The maximum atomic E-state index is 12.0. The van der Waals surface area contributed by atoms with E-state index in [1.165, 1.54) is 18.2 Å². The number of benzene rings is 2. The Bertz CT molecular complexity index is 842. The van der Waals surface area contributed by atoms with Crippen molar-refractivity contribution in [3.05, 3.63) is 53.2 Å². The van der Waals surface area contributed by atoms with E-state index in [1.807, 2.05) is 0 Å². The molecule has 0 bridgehead atoms. The summed E-state index contributed by atoms with van der Waals surface area (Å²) in [5.74, 6) is -4.00. The number of hydrogen-bond donors (Lipinski definition) is 6. The summed E-state index contributed by atoms with van der Waals surface area (Å²) in [5.41, 5.74) is -0.319. The molecule has 0 radical (unpaired) electrons. The quantitative estimate of drug-likeness (QED) is 0.366. The Hall–Kier alpha value is -3.68. The molecule has 2 aromatic carbocycles. The lowest BCUT2D eigenvalue weighted by Crippen LogP contribution is -2.27. The van der Waals surface area contributed by atoms with E-state index in [0.717, 1.165) is 24.3 Å². The molecule has 0 heterocycles. The lowest BCUT2D eigenvalue weighted by Gasteiger charge is -2.07. The number of carboxylic acid groups (broad SMARTS) is 1. The molecule has 0 fully saturated rings. The van der Waals surface area contributed by atoms with Crippen LogP contribution in [0.1, 0.15) is 15.9 Å². The maximum Gasteiger partial charge on any atom is 0.352 e. The summed E-state index contributed by atoms with van der Waals surface area (Å²) in [4.78, 5) is 23.3. The van der Waals surface area contributed by atoms with Crippen LogP contribution in [0.2, 0.25) is 0 Å². The Kier molecular flexibility index (Phi) is 4.60. The number of rotatable bonds is 4. The van der Waals surface area contributed by atoms with E-state index in [1.54, 1.807) is 0 Å². The molecule has 24 heavy (non-hydrogen) atoms. The number of aromatic hydroxyl groups is 4. The zero-order chi connectivity index (χ0) is 17.9. The second kappa shape index (κ2) is 6.61. The molecule has 0 aromatic heterocycles. The zero-order valence-corrected chi connectivity index (χ0v) is 12.1. The van der Waals surface area contributed by atoms with Gasteiger partial charge in [0.2, 0.25) is 0 Å². The van der Waals surface area contributed by atoms with Crippen LogP contribution in [-0.4, -0.2) is 37.4 Å². The van der Waals surface area contributed by atoms with Gasteiger partial charge in [0, 0.05) is 5.56 Å². The first kappa shape index (κ1) is 16.7. The van der Waals surface area contributed by atoms with E-state index in [0.29, 0.717) is 0 Å². The molecule has 0 aliphatic rings. The third-order valence-electron chi connectivity index (χ3n) is 3.03. The Balaban J connectivity index is 2.29. The van der Waals surface area contributed by atoms with Gasteiger partial charge in [-0.15, -0.1) is 0 Å². The van der Waals surface area contributed by atoms with Gasteiger partial charge in [-0.1, -0.05) is 6.07 Å². The van der Waals surface area contributed by atoms with Gasteiger partial charge in [-0.2, -0.15) is 0 Å². The SMILES string of the molecule is O=C(O)/C(=C/c1ccc(O)c(O)c1)NC(=O)c1ccc(O)c(O)c1. The molecule has 0 aliphatic heterocycles. The summed E-state index contributed by atoms with van der Waals surface area (Å²) in [6.07, 6.45) is 1.08. The minimum absolute atomic E-state index is 0.0639. The molecule has 8 nitrogen and oxygen atoms in total. The number of phenols is 4. The van der Waals surface area contributed by atoms with E-state index in [-0.39, 0.29) is 16.9 Å². The second-order valence-electron chi connectivity index (χ2n) is 4.77. The summed E-state index contributed by atoms with van der Waals surface area (Å²) in [6.45, 7) is 0. The first-order valence-corrected chi connectivity index (χ1v) is 6.58. The van der Waals surface area contributed by atoms with Gasteiger partial charge in [-0.05, 0) is 42.0 Å². The molecular formula is C16H13NO7. The predicted octanol–water partition coefficient (Wildman–Crippen LogP) is 1.36. The number of carbonyl (C=O) groups is 2. The van der Waals surface area contributed by atoms with Crippen LogP contribution >= 0.6 is 0 Å². The van der Waals surface area contributed by atoms with Gasteiger partial charge in [0.25, 0.3) is 5.91 Å². The number of carbonyl (C=O) groups excluding carboxylic acids is 1. The van der Waals surface area contributed by atoms with Crippen molar-refractivity contribution < 1.29 is 35.1 Å². The van der Waals surface area contributed by atoms with Crippen molar-refractivity contribution >= 4 is 18.0 Å². The number of phenolic OH excluding ortho intramolecular Hbond substituents is 4. The van der Waals surface area contributed by atoms with Crippen molar-refractivity contribution in [3.8, 4) is 23.0 Å². The first-order chi connectivity index (χ1) is 11.3.